The van der Waals surface area contributed by atoms with E-state index in [1.54, 1.807) is 16.5 Å². The predicted molar refractivity (Wildman–Crippen MR) is 71.2 cm³/mol. The van der Waals surface area contributed by atoms with Gasteiger partial charge in [0.15, 0.2) is 12.4 Å². The van der Waals surface area contributed by atoms with Crippen molar-refractivity contribution in [2.75, 3.05) is 0 Å². The minimum atomic E-state index is -0.0302. The SMILES string of the molecule is C[n+]1cccc(=O)n2cc(cc1)c1ccccc12.[I-]. The van der Waals surface area contributed by atoms with Gasteiger partial charge in [0, 0.05) is 35.2 Å². The van der Waals surface area contributed by atoms with Gasteiger partial charge < -0.3 is 24.0 Å². The van der Waals surface area contributed by atoms with Crippen molar-refractivity contribution >= 4 is 16.3 Å². The van der Waals surface area contributed by atoms with E-state index >= 15 is 0 Å². The molecule has 2 aromatic heterocycles. The number of rotatable bonds is 0. The number of hydrogen-bond donors (Lipinski definition) is 0. The summed E-state index contributed by atoms with van der Waals surface area (Å²) in [6.45, 7) is 0. The largest absolute Gasteiger partial charge is 1.00 e. The number of aryl methyl sites for hydroxylation is 1. The topological polar surface area (TPSA) is 25.4 Å². The van der Waals surface area contributed by atoms with Crippen molar-refractivity contribution in [3.8, 4) is 0 Å². The monoisotopic (exact) mass is 364 g/mol. The van der Waals surface area contributed by atoms with Gasteiger partial charge in [-0.15, -0.1) is 0 Å². The fourth-order valence-electron chi connectivity index (χ4n) is 2.11. The third kappa shape index (κ3) is 2.53. The van der Waals surface area contributed by atoms with E-state index in [4.69, 9.17) is 0 Å². The van der Waals surface area contributed by atoms with Gasteiger partial charge >= 0.3 is 0 Å². The van der Waals surface area contributed by atoms with E-state index in [0.29, 0.717) is 0 Å². The van der Waals surface area contributed by atoms with Crippen LogP contribution in [0.3, 0.4) is 0 Å². The fraction of sp³-hybridized carbons (Fsp3) is 0.0667. The first-order valence-corrected chi connectivity index (χ1v) is 5.82. The Bertz CT molecular complexity index is 825. The second-order valence-electron chi connectivity index (χ2n) is 4.30. The van der Waals surface area contributed by atoms with Crippen LogP contribution in [0, 0.1) is 0 Å². The van der Waals surface area contributed by atoms with Crippen LogP contribution < -0.4 is 34.1 Å². The van der Waals surface area contributed by atoms with Crippen LogP contribution in [-0.4, -0.2) is 4.40 Å². The molecule has 4 heteroatoms. The second-order valence-corrected chi connectivity index (χ2v) is 4.30. The highest BCUT2D eigenvalue weighted by Gasteiger charge is 2.02. The van der Waals surface area contributed by atoms with E-state index in [-0.39, 0.29) is 29.5 Å². The first kappa shape index (κ1) is 13.7. The lowest BCUT2D eigenvalue weighted by Crippen LogP contribution is -3.00. The molecule has 0 N–H and O–H groups in total. The summed E-state index contributed by atoms with van der Waals surface area (Å²) in [4.78, 5) is 12.1. The molecule has 2 bridgehead atoms. The Morgan fingerprint density at radius 3 is 2.63 bits per heavy atom. The highest BCUT2D eigenvalue weighted by Crippen LogP contribution is 2.18. The maximum atomic E-state index is 12.1. The van der Waals surface area contributed by atoms with Crippen LogP contribution in [0.1, 0.15) is 0 Å². The van der Waals surface area contributed by atoms with Gasteiger partial charge in [0.2, 0.25) is 0 Å². The molecule has 0 aliphatic carbocycles. The molecule has 0 saturated heterocycles. The number of fused-ring (bicyclic) bond motifs is 5. The highest BCUT2D eigenvalue weighted by molar-refractivity contribution is 5.96. The number of benzene rings is 1. The number of hydrogen-bond acceptors (Lipinski definition) is 1. The maximum Gasteiger partial charge on any atom is 0.255 e. The minimum absolute atomic E-state index is 0. The summed E-state index contributed by atoms with van der Waals surface area (Å²) in [6.07, 6.45) is 5.71. The summed E-state index contributed by atoms with van der Waals surface area (Å²) < 4.78 is 3.60. The van der Waals surface area contributed by atoms with Crippen molar-refractivity contribution < 1.29 is 28.5 Å². The molecule has 0 fully saturated rings. The van der Waals surface area contributed by atoms with E-state index in [1.807, 2.05) is 60.5 Å². The lowest BCUT2D eigenvalue weighted by Gasteiger charge is -1.89. The van der Waals surface area contributed by atoms with E-state index in [0.717, 1.165) is 16.3 Å². The first-order chi connectivity index (χ1) is 8.75. The number of nitrogens with zero attached hydrogens (tertiary/aromatic N) is 2. The molecule has 0 aliphatic heterocycles. The Balaban J connectivity index is 0.00000133. The molecule has 0 amide bonds. The number of para-hydroxylation sites is 1. The second kappa shape index (κ2) is 5.52. The molecule has 3 nitrogen and oxygen atoms in total. The fourth-order valence-corrected chi connectivity index (χ4v) is 2.11. The van der Waals surface area contributed by atoms with E-state index < -0.39 is 0 Å². The minimum Gasteiger partial charge on any atom is -1.00 e. The number of halogens is 1. The smallest absolute Gasteiger partial charge is 0.255 e. The summed E-state index contributed by atoms with van der Waals surface area (Å²) in [5.74, 6) is 0. The zero-order valence-corrected chi connectivity index (χ0v) is 12.6. The molecule has 0 unspecified atom stereocenters. The Hall–Kier alpha value is -1.69. The summed E-state index contributed by atoms with van der Waals surface area (Å²) in [7, 11) is 1.94. The molecule has 96 valence electrons. The van der Waals surface area contributed by atoms with Gasteiger partial charge in [-0.2, -0.15) is 0 Å². The molecule has 3 rings (SSSR count). The van der Waals surface area contributed by atoms with E-state index in [9.17, 15) is 4.79 Å². The molecule has 1 aromatic carbocycles. The molecule has 0 atom stereocenters. The molecular weight excluding hydrogens is 351 g/mol. The van der Waals surface area contributed by atoms with Gasteiger partial charge in [-0.1, -0.05) is 18.2 Å². The first-order valence-electron chi connectivity index (χ1n) is 5.82. The molecular formula is C15H13IN2O. The van der Waals surface area contributed by atoms with Crippen LogP contribution in [-0.2, 0) is 7.05 Å². The van der Waals surface area contributed by atoms with Crippen molar-refractivity contribution in [3.05, 3.63) is 71.4 Å². The third-order valence-electron chi connectivity index (χ3n) is 3.03. The molecule has 0 radical (unpaired) electrons. The predicted octanol–water partition coefficient (Wildman–Crippen LogP) is -1.16. The lowest BCUT2D eigenvalue weighted by atomic mass is 10.2. The third-order valence-corrected chi connectivity index (χ3v) is 3.03. The molecule has 0 aliphatic rings. The van der Waals surface area contributed by atoms with Crippen LogP contribution in [0.15, 0.2) is 65.8 Å². The van der Waals surface area contributed by atoms with Crippen LogP contribution in [0.25, 0.3) is 16.3 Å². The van der Waals surface area contributed by atoms with Crippen molar-refractivity contribution in [1.29, 1.82) is 0 Å². The summed E-state index contributed by atoms with van der Waals surface area (Å²) in [5.41, 5.74) is 0.911. The average Bonchev–Trinajstić information content (AvgIpc) is 2.74. The molecule has 19 heavy (non-hydrogen) atoms. The van der Waals surface area contributed by atoms with Crippen LogP contribution in [0.4, 0.5) is 0 Å². The Morgan fingerprint density at radius 1 is 1.00 bits per heavy atom. The summed E-state index contributed by atoms with van der Waals surface area (Å²) in [5, 5.41) is 2.14. The zero-order valence-electron chi connectivity index (χ0n) is 10.5. The Labute approximate surface area is 127 Å². The zero-order chi connectivity index (χ0) is 12.5. The summed E-state index contributed by atoms with van der Waals surface area (Å²) in [6, 6.07) is 13.3. The van der Waals surface area contributed by atoms with Crippen LogP contribution >= 0.6 is 0 Å². The summed E-state index contributed by atoms with van der Waals surface area (Å²) >= 11 is 0. The highest BCUT2D eigenvalue weighted by atomic mass is 127. The van der Waals surface area contributed by atoms with Gasteiger partial charge in [-0.05, 0) is 6.07 Å². The van der Waals surface area contributed by atoms with Crippen molar-refractivity contribution in [2.24, 2.45) is 7.05 Å². The molecule has 3 aromatic rings. The lowest BCUT2D eigenvalue weighted by molar-refractivity contribution is -0.670. The maximum absolute atomic E-state index is 12.1. The van der Waals surface area contributed by atoms with E-state index in [2.05, 4.69) is 0 Å². The average molecular weight is 364 g/mol. The Kier molecular flexibility index (Phi) is 3.99. The normalized spacial score (nSPS) is 10.2. The van der Waals surface area contributed by atoms with Crippen LogP contribution in [0.2, 0.25) is 0 Å². The van der Waals surface area contributed by atoms with Gasteiger partial charge in [0.25, 0.3) is 5.56 Å². The standard InChI is InChI=1S/C15H13N2O.HI/c1-16-9-4-7-15(18)17-11-12(8-10-16)13-5-2-3-6-14(13)17;/h2-11H,1H3;1H/q+1;/p-1. The van der Waals surface area contributed by atoms with E-state index in [1.165, 1.54) is 0 Å². The number of aromatic nitrogens is 2. The van der Waals surface area contributed by atoms with Gasteiger partial charge in [0.1, 0.15) is 7.05 Å². The van der Waals surface area contributed by atoms with Gasteiger partial charge in [-0.25, -0.2) is 4.57 Å². The van der Waals surface area contributed by atoms with Crippen molar-refractivity contribution in [2.45, 2.75) is 0 Å². The van der Waals surface area contributed by atoms with Gasteiger partial charge in [0.05, 0.1) is 5.52 Å². The molecule has 2 heterocycles. The molecule has 0 spiro atoms. The molecule has 0 saturated carbocycles. The Morgan fingerprint density at radius 2 is 1.79 bits per heavy atom. The quantitative estimate of drug-likeness (QED) is 0.365. The van der Waals surface area contributed by atoms with Crippen LogP contribution in [0.5, 0.6) is 0 Å². The van der Waals surface area contributed by atoms with Crippen molar-refractivity contribution in [3.63, 3.8) is 0 Å². The van der Waals surface area contributed by atoms with Crippen molar-refractivity contribution in [1.82, 2.24) is 4.40 Å². The van der Waals surface area contributed by atoms with Gasteiger partial charge in [-0.3, -0.25) is 9.20 Å².